The Labute approximate surface area is 131 Å². The van der Waals surface area contributed by atoms with Crippen LogP contribution in [0.5, 0.6) is 0 Å². The van der Waals surface area contributed by atoms with Gasteiger partial charge in [-0.1, -0.05) is 22.9 Å². The summed E-state index contributed by atoms with van der Waals surface area (Å²) >= 11 is 8.61. The average molecular weight is 349 g/mol. The van der Waals surface area contributed by atoms with Crippen LogP contribution in [0.3, 0.4) is 0 Å². The van der Waals surface area contributed by atoms with E-state index in [0.717, 1.165) is 21.7 Å². The van der Waals surface area contributed by atoms with E-state index in [1.165, 1.54) is 28.7 Å². The Hall–Kier alpha value is -1.31. The first kappa shape index (κ1) is 14.6. The smallest absolute Gasteiger partial charge is 0.357 e. The molecule has 2 nitrogen and oxygen atoms in total. The van der Waals surface area contributed by atoms with Gasteiger partial charge in [0.05, 0.1) is 26.7 Å². The Morgan fingerprint density at radius 2 is 1.95 bits per heavy atom. The van der Waals surface area contributed by atoms with Crippen molar-refractivity contribution < 1.29 is 13.2 Å². The number of aromatic nitrogens is 1. The van der Waals surface area contributed by atoms with Gasteiger partial charge in [-0.15, -0.1) is 11.3 Å². The van der Waals surface area contributed by atoms with Crippen molar-refractivity contribution in [1.82, 2.24) is 4.98 Å². The second-order valence-electron chi connectivity index (χ2n) is 4.26. The number of hydrogen-bond donors (Lipinski definition) is 1. The third-order valence-electron chi connectivity index (χ3n) is 2.76. The highest BCUT2D eigenvalue weighted by molar-refractivity contribution is 7.22. The van der Waals surface area contributed by atoms with E-state index in [4.69, 9.17) is 11.6 Å². The number of rotatable bonds is 3. The quantitative estimate of drug-likeness (QED) is 0.662. The number of halogens is 4. The molecular weight excluding hydrogens is 341 g/mol. The molecule has 0 aliphatic heterocycles. The third-order valence-corrected chi connectivity index (χ3v) is 4.98. The van der Waals surface area contributed by atoms with Crippen molar-refractivity contribution in [2.45, 2.75) is 12.7 Å². The zero-order valence-corrected chi connectivity index (χ0v) is 12.8. The molecule has 0 atom stereocenters. The van der Waals surface area contributed by atoms with Gasteiger partial charge in [0, 0.05) is 4.88 Å². The van der Waals surface area contributed by atoms with Crippen molar-refractivity contribution in [1.29, 1.82) is 0 Å². The molecule has 0 saturated heterocycles. The molecule has 8 heteroatoms. The van der Waals surface area contributed by atoms with Crippen LogP contribution in [0.2, 0.25) is 4.34 Å². The van der Waals surface area contributed by atoms with Crippen LogP contribution in [-0.4, -0.2) is 4.98 Å². The first-order valence-corrected chi connectivity index (χ1v) is 7.89. The molecule has 21 heavy (non-hydrogen) atoms. The van der Waals surface area contributed by atoms with Gasteiger partial charge in [0.15, 0.2) is 5.13 Å². The van der Waals surface area contributed by atoms with Gasteiger partial charge in [-0.25, -0.2) is 4.98 Å². The van der Waals surface area contributed by atoms with E-state index >= 15 is 0 Å². The van der Waals surface area contributed by atoms with E-state index in [-0.39, 0.29) is 0 Å². The predicted octanol–water partition coefficient (Wildman–Crippen LogP) is 5.64. The monoisotopic (exact) mass is 348 g/mol. The molecule has 0 amide bonds. The van der Waals surface area contributed by atoms with E-state index < -0.39 is 11.7 Å². The average Bonchev–Trinajstić information content (AvgIpc) is 2.99. The van der Waals surface area contributed by atoms with E-state index in [1.807, 2.05) is 6.07 Å². The molecule has 0 radical (unpaired) electrons. The number of anilines is 1. The summed E-state index contributed by atoms with van der Waals surface area (Å²) in [4.78, 5) is 5.23. The Morgan fingerprint density at radius 3 is 2.62 bits per heavy atom. The highest BCUT2D eigenvalue weighted by Gasteiger charge is 2.30. The van der Waals surface area contributed by atoms with Gasteiger partial charge in [0.25, 0.3) is 0 Å². The summed E-state index contributed by atoms with van der Waals surface area (Å²) in [6, 6.07) is 7.29. The topological polar surface area (TPSA) is 24.9 Å². The summed E-state index contributed by atoms with van der Waals surface area (Å²) in [5, 5.41) is 3.69. The fourth-order valence-corrected chi connectivity index (χ4v) is 3.66. The molecular formula is C13H8ClF3N2S2. The molecule has 110 valence electrons. The largest absolute Gasteiger partial charge is 0.416 e. The van der Waals surface area contributed by atoms with Crippen LogP contribution in [-0.2, 0) is 12.7 Å². The second-order valence-corrected chi connectivity index (χ2v) is 7.09. The van der Waals surface area contributed by atoms with Crippen molar-refractivity contribution in [2.75, 3.05) is 5.32 Å². The number of thiophene rings is 1. The molecule has 1 aromatic carbocycles. The number of fused-ring (bicyclic) bond motifs is 1. The van der Waals surface area contributed by atoms with Gasteiger partial charge in [-0.2, -0.15) is 13.2 Å². The van der Waals surface area contributed by atoms with Crippen molar-refractivity contribution in [2.24, 2.45) is 0 Å². The lowest BCUT2D eigenvalue weighted by Gasteiger charge is -2.04. The van der Waals surface area contributed by atoms with Gasteiger partial charge in [-0.3, -0.25) is 0 Å². The van der Waals surface area contributed by atoms with E-state index in [1.54, 1.807) is 6.07 Å². The molecule has 3 aromatic rings. The molecule has 1 N–H and O–H groups in total. The normalized spacial score (nSPS) is 12.0. The van der Waals surface area contributed by atoms with Crippen LogP contribution in [0, 0.1) is 0 Å². The van der Waals surface area contributed by atoms with Gasteiger partial charge in [0.1, 0.15) is 0 Å². The highest BCUT2D eigenvalue weighted by atomic mass is 35.5. The maximum absolute atomic E-state index is 12.6. The van der Waals surface area contributed by atoms with Crippen LogP contribution >= 0.6 is 34.3 Å². The van der Waals surface area contributed by atoms with Crippen molar-refractivity contribution in [3.8, 4) is 0 Å². The van der Waals surface area contributed by atoms with E-state index in [0.29, 0.717) is 21.5 Å². The van der Waals surface area contributed by atoms with Gasteiger partial charge in [-0.05, 0) is 30.3 Å². The van der Waals surface area contributed by atoms with E-state index in [9.17, 15) is 13.2 Å². The number of hydrogen-bond acceptors (Lipinski definition) is 4. The molecule has 0 aliphatic rings. The Bertz CT molecular complexity index is 779. The maximum Gasteiger partial charge on any atom is 0.416 e. The van der Waals surface area contributed by atoms with Crippen LogP contribution in [0.15, 0.2) is 30.3 Å². The lowest BCUT2D eigenvalue weighted by atomic mass is 10.2. The standard InChI is InChI=1S/C13H8ClF3N2S2/c14-11-4-2-8(20-11)6-18-12-19-9-5-7(13(15,16)17)1-3-10(9)21-12/h1-5H,6H2,(H,18,19). The zero-order chi connectivity index (χ0) is 15.0. The maximum atomic E-state index is 12.6. The summed E-state index contributed by atoms with van der Waals surface area (Å²) in [5.74, 6) is 0. The molecule has 3 rings (SSSR count). The first-order chi connectivity index (χ1) is 9.91. The van der Waals surface area contributed by atoms with Crippen LogP contribution in [0.4, 0.5) is 18.3 Å². The Morgan fingerprint density at radius 1 is 1.14 bits per heavy atom. The van der Waals surface area contributed by atoms with Crippen LogP contribution in [0.25, 0.3) is 10.2 Å². The summed E-state index contributed by atoms with van der Waals surface area (Å²) < 4.78 is 39.3. The number of nitrogens with zero attached hydrogens (tertiary/aromatic N) is 1. The minimum Gasteiger partial charge on any atom is -0.357 e. The van der Waals surface area contributed by atoms with Gasteiger partial charge < -0.3 is 5.32 Å². The minimum absolute atomic E-state index is 0.349. The second kappa shape index (κ2) is 5.47. The number of alkyl halides is 3. The molecule has 2 heterocycles. The number of thiazole rings is 1. The van der Waals surface area contributed by atoms with Gasteiger partial charge >= 0.3 is 6.18 Å². The fraction of sp³-hybridized carbons (Fsp3) is 0.154. The fourth-order valence-electron chi connectivity index (χ4n) is 1.79. The van der Waals surface area contributed by atoms with Gasteiger partial charge in [0.2, 0.25) is 0 Å². The summed E-state index contributed by atoms with van der Waals surface area (Å²) in [7, 11) is 0. The minimum atomic E-state index is -4.35. The molecule has 0 fully saturated rings. The SMILES string of the molecule is FC(F)(F)c1ccc2sc(NCc3ccc(Cl)s3)nc2c1. The summed E-state index contributed by atoms with van der Waals surface area (Å²) in [6.07, 6.45) is -4.35. The number of nitrogens with one attached hydrogen (secondary N) is 1. The Kier molecular flexibility index (Phi) is 3.81. The lowest BCUT2D eigenvalue weighted by molar-refractivity contribution is -0.137. The molecule has 2 aromatic heterocycles. The van der Waals surface area contributed by atoms with Crippen molar-refractivity contribution in [3.05, 3.63) is 45.1 Å². The van der Waals surface area contributed by atoms with Crippen molar-refractivity contribution >= 4 is 49.6 Å². The first-order valence-electron chi connectivity index (χ1n) is 5.88. The highest BCUT2D eigenvalue weighted by Crippen LogP contribution is 2.34. The molecule has 0 bridgehead atoms. The summed E-state index contributed by atoms with van der Waals surface area (Å²) in [5.41, 5.74) is -0.335. The third kappa shape index (κ3) is 3.30. The molecule has 0 saturated carbocycles. The zero-order valence-electron chi connectivity index (χ0n) is 10.4. The van der Waals surface area contributed by atoms with Crippen LogP contribution in [0.1, 0.15) is 10.4 Å². The van der Waals surface area contributed by atoms with Crippen LogP contribution < -0.4 is 5.32 Å². The molecule has 0 aliphatic carbocycles. The predicted molar refractivity (Wildman–Crippen MR) is 81.3 cm³/mol. The lowest BCUT2D eigenvalue weighted by Crippen LogP contribution is -2.04. The molecule has 0 unspecified atom stereocenters. The van der Waals surface area contributed by atoms with Crippen molar-refractivity contribution in [3.63, 3.8) is 0 Å². The summed E-state index contributed by atoms with van der Waals surface area (Å²) in [6.45, 7) is 0.545. The number of benzene rings is 1. The van der Waals surface area contributed by atoms with E-state index in [2.05, 4.69) is 10.3 Å². The Balaban J connectivity index is 1.80. The molecule has 0 spiro atoms.